The predicted molar refractivity (Wildman–Crippen MR) is 137 cm³/mol. The van der Waals surface area contributed by atoms with Crippen LogP contribution in [0.4, 0.5) is 11.4 Å². The van der Waals surface area contributed by atoms with Crippen LogP contribution in [0.5, 0.6) is 11.5 Å². The van der Waals surface area contributed by atoms with Gasteiger partial charge in [-0.05, 0) is 65.6 Å². The van der Waals surface area contributed by atoms with Crippen molar-refractivity contribution in [1.82, 2.24) is 0 Å². The van der Waals surface area contributed by atoms with Gasteiger partial charge in [0.25, 0.3) is 0 Å². The van der Waals surface area contributed by atoms with E-state index in [1.807, 2.05) is 12.1 Å². The van der Waals surface area contributed by atoms with E-state index in [1.54, 1.807) is 42.5 Å². The highest BCUT2D eigenvalue weighted by molar-refractivity contribution is 6.36. The van der Waals surface area contributed by atoms with Crippen LogP contribution < -0.4 is 15.0 Å². The Bertz CT molecular complexity index is 1200. The van der Waals surface area contributed by atoms with Crippen molar-refractivity contribution in [2.45, 2.75) is 32.6 Å². The predicted octanol–water partition coefficient (Wildman–Crippen LogP) is 7.07. The lowest BCUT2D eigenvalue weighted by Gasteiger charge is -2.19. The summed E-state index contributed by atoms with van der Waals surface area (Å²) in [6, 6.07) is 20.1. The van der Waals surface area contributed by atoms with Crippen molar-refractivity contribution < 1.29 is 14.3 Å². The van der Waals surface area contributed by atoms with Crippen molar-refractivity contribution in [3.63, 3.8) is 0 Å². The Labute approximate surface area is 209 Å². The molecule has 1 heterocycles. The Morgan fingerprint density at radius 2 is 1.59 bits per heavy atom. The smallest absolute Gasteiger partial charge is 0.229 e. The summed E-state index contributed by atoms with van der Waals surface area (Å²) in [5, 5.41) is 3.78. The monoisotopic (exact) mass is 496 g/mol. The summed E-state index contributed by atoms with van der Waals surface area (Å²) in [6.45, 7) is 6.75. The van der Waals surface area contributed by atoms with Crippen molar-refractivity contribution in [3.8, 4) is 11.5 Å². The summed E-state index contributed by atoms with van der Waals surface area (Å²) in [5.74, 6) is 0.541. The normalized spacial score (nSPS) is 16.0. The number of carbonyl (C=O) groups is 2. The van der Waals surface area contributed by atoms with Gasteiger partial charge >= 0.3 is 0 Å². The van der Waals surface area contributed by atoms with Crippen molar-refractivity contribution in [3.05, 3.63) is 82.3 Å². The molecule has 1 atom stereocenters. The minimum atomic E-state index is -0.486. The fraction of sp³-hybridized carbons (Fsp3) is 0.259. The number of carbonyl (C=O) groups excluding carboxylic acids is 2. The Hall–Kier alpha value is -3.02. The third kappa shape index (κ3) is 5.54. The Kier molecular flexibility index (Phi) is 6.87. The number of nitrogens with zero attached hydrogens (tertiary/aromatic N) is 1. The molecule has 0 radical (unpaired) electrons. The fourth-order valence-electron chi connectivity index (χ4n) is 3.82. The first kappa shape index (κ1) is 24.1. The molecule has 1 aliphatic rings. The van der Waals surface area contributed by atoms with Gasteiger partial charge in [0.05, 0.1) is 16.6 Å². The van der Waals surface area contributed by atoms with Gasteiger partial charge in [0.15, 0.2) is 0 Å². The number of anilines is 2. The summed E-state index contributed by atoms with van der Waals surface area (Å²) in [6.07, 6.45) is 0.112. The highest BCUT2D eigenvalue weighted by Crippen LogP contribution is 2.34. The van der Waals surface area contributed by atoms with Gasteiger partial charge in [-0.25, -0.2) is 0 Å². The van der Waals surface area contributed by atoms with E-state index in [0.717, 1.165) is 5.75 Å². The van der Waals surface area contributed by atoms with Crippen molar-refractivity contribution in [2.24, 2.45) is 5.92 Å². The van der Waals surface area contributed by atoms with Gasteiger partial charge in [0.1, 0.15) is 11.5 Å². The zero-order valence-corrected chi connectivity index (χ0v) is 20.8. The molecule has 3 aromatic carbocycles. The quantitative estimate of drug-likeness (QED) is 0.410. The topological polar surface area (TPSA) is 58.6 Å². The van der Waals surface area contributed by atoms with Gasteiger partial charge in [0.2, 0.25) is 11.8 Å². The third-order valence-corrected chi connectivity index (χ3v) is 6.33. The zero-order chi connectivity index (χ0) is 24.5. The highest BCUT2D eigenvalue weighted by Gasteiger charge is 2.36. The molecule has 4 rings (SSSR count). The van der Waals surface area contributed by atoms with Gasteiger partial charge in [-0.3, -0.25) is 9.59 Å². The molecule has 1 fully saturated rings. The van der Waals surface area contributed by atoms with Gasteiger partial charge in [-0.2, -0.15) is 0 Å². The Balaban J connectivity index is 1.36. The summed E-state index contributed by atoms with van der Waals surface area (Å²) >= 11 is 12.3. The van der Waals surface area contributed by atoms with Crippen LogP contribution in [-0.4, -0.2) is 18.4 Å². The summed E-state index contributed by atoms with van der Waals surface area (Å²) in [4.78, 5) is 26.8. The van der Waals surface area contributed by atoms with E-state index in [4.69, 9.17) is 27.9 Å². The number of halogens is 2. The lowest BCUT2D eigenvalue weighted by atomic mass is 9.87. The minimum absolute atomic E-state index is 0.0831. The lowest BCUT2D eigenvalue weighted by molar-refractivity contribution is -0.122. The molecular weight excluding hydrogens is 471 g/mol. The van der Waals surface area contributed by atoms with E-state index in [2.05, 4.69) is 38.2 Å². The maximum Gasteiger partial charge on any atom is 0.229 e. The summed E-state index contributed by atoms with van der Waals surface area (Å²) in [5.41, 5.74) is 2.47. The first-order valence-corrected chi connectivity index (χ1v) is 11.8. The summed E-state index contributed by atoms with van der Waals surface area (Å²) in [7, 11) is 0. The fourth-order valence-corrected chi connectivity index (χ4v) is 4.20. The van der Waals surface area contributed by atoms with Crippen LogP contribution in [0.25, 0.3) is 0 Å². The number of rotatable bonds is 5. The molecule has 5 nitrogen and oxygen atoms in total. The van der Waals surface area contributed by atoms with Crippen LogP contribution in [0.1, 0.15) is 32.8 Å². The van der Waals surface area contributed by atoms with Gasteiger partial charge in [-0.15, -0.1) is 0 Å². The number of ether oxygens (including phenoxy) is 1. The average Bonchev–Trinajstić information content (AvgIpc) is 3.18. The maximum atomic E-state index is 12.8. The Morgan fingerprint density at radius 1 is 0.971 bits per heavy atom. The van der Waals surface area contributed by atoms with Crippen molar-refractivity contribution >= 4 is 46.4 Å². The average molecular weight is 497 g/mol. The summed E-state index contributed by atoms with van der Waals surface area (Å²) < 4.78 is 5.92. The van der Waals surface area contributed by atoms with Crippen LogP contribution in [0, 0.1) is 5.92 Å². The highest BCUT2D eigenvalue weighted by atomic mass is 35.5. The second kappa shape index (κ2) is 9.69. The molecule has 0 aromatic heterocycles. The van der Waals surface area contributed by atoms with Crippen LogP contribution in [0.3, 0.4) is 0 Å². The molecule has 0 unspecified atom stereocenters. The first-order chi connectivity index (χ1) is 16.1. The molecular formula is C27H26Cl2N2O3. The molecule has 176 valence electrons. The molecule has 0 aliphatic carbocycles. The minimum Gasteiger partial charge on any atom is -0.457 e. The van der Waals surface area contributed by atoms with Gasteiger partial charge < -0.3 is 15.0 Å². The molecule has 7 heteroatoms. The zero-order valence-electron chi connectivity index (χ0n) is 19.3. The second-order valence-corrected chi connectivity index (χ2v) is 10.2. The molecule has 0 bridgehead atoms. The first-order valence-electron chi connectivity index (χ1n) is 11.0. The van der Waals surface area contributed by atoms with E-state index in [1.165, 1.54) is 10.5 Å². The molecule has 0 saturated carbocycles. The largest absolute Gasteiger partial charge is 0.457 e. The molecule has 3 aromatic rings. The van der Waals surface area contributed by atoms with E-state index in [0.29, 0.717) is 27.2 Å². The third-order valence-electron chi connectivity index (χ3n) is 5.77. The van der Waals surface area contributed by atoms with E-state index in [-0.39, 0.29) is 30.2 Å². The molecule has 34 heavy (non-hydrogen) atoms. The number of benzene rings is 3. The van der Waals surface area contributed by atoms with E-state index < -0.39 is 5.92 Å². The van der Waals surface area contributed by atoms with Gasteiger partial charge in [-0.1, -0.05) is 56.1 Å². The maximum absolute atomic E-state index is 12.8. The van der Waals surface area contributed by atoms with E-state index in [9.17, 15) is 9.59 Å². The van der Waals surface area contributed by atoms with Gasteiger partial charge in [0, 0.05) is 23.7 Å². The van der Waals surface area contributed by atoms with Crippen molar-refractivity contribution in [2.75, 3.05) is 16.8 Å². The second-order valence-electron chi connectivity index (χ2n) is 9.39. The van der Waals surface area contributed by atoms with Crippen LogP contribution in [0.15, 0.2) is 66.7 Å². The molecule has 0 spiro atoms. The molecule has 1 saturated heterocycles. The lowest BCUT2D eigenvalue weighted by Crippen LogP contribution is -2.28. The SMILES string of the molecule is CC(C)(C)c1ccc(Oc2ccc(NC(=O)[C@H]3CC(=O)N(c4cc(Cl)ccc4Cl)C3)cc2)cc1. The Morgan fingerprint density at radius 3 is 2.21 bits per heavy atom. The number of nitrogens with one attached hydrogen (secondary N) is 1. The van der Waals surface area contributed by atoms with Crippen molar-refractivity contribution in [1.29, 1.82) is 0 Å². The molecule has 2 amide bonds. The van der Waals surface area contributed by atoms with Crippen LogP contribution in [-0.2, 0) is 15.0 Å². The number of hydrogen-bond donors (Lipinski definition) is 1. The number of hydrogen-bond acceptors (Lipinski definition) is 3. The van der Waals surface area contributed by atoms with Crippen LogP contribution >= 0.6 is 23.2 Å². The standard InChI is InChI=1S/C27H26Cl2N2O3/c1-27(2,3)18-4-9-21(10-5-18)34-22-11-7-20(8-12-22)30-26(33)17-14-25(32)31(16-17)24-15-19(28)6-13-23(24)29/h4-13,15,17H,14,16H2,1-3H3,(H,30,33)/t17-/m0/s1. The van der Waals surface area contributed by atoms with E-state index >= 15 is 0 Å². The van der Waals surface area contributed by atoms with Crippen LogP contribution in [0.2, 0.25) is 10.0 Å². The molecule has 1 N–H and O–H groups in total. The number of amides is 2. The molecule has 1 aliphatic heterocycles.